The number of nitrogens with zero attached hydrogens (tertiary/aromatic N) is 1. The maximum Gasteiger partial charge on any atom is 0.407 e. The fraction of sp³-hybridized carbons (Fsp3) is 0.500. The maximum absolute atomic E-state index is 11.9. The first-order valence-electron chi connectivity index (χ1n) is 7.74. The lowest BCUT2D eigenvalue weighted by atomic mass is 10.1. The summed E-state index contributed by atoms with van der Waals surface area (Å²) in [6.45, 7) is 5.05. The Labute approximate surface area is 164 Å². The van der Waals surface area contributed by atoms with Crippen molar-refractivity contribution < 1.29 is 33.5 Å². The quantitative estimate of drug-likeness (QED) is 0.291. The summed E-state index contributed by atoms with van der Waals surface area (Å²) in [6.07, 6.45) is -0.652. The number of hydrogen-bond donors (Lipinski definition) is 1. The largest absolute Gasteiger partial charge is 0.495 e. The number of halogens is 1. The normalized spacial score (nSPS) is 10.7. The molecule has 1 rings (SSSR count). The molecule has 1 aromatic carbocycles. The van der Waals surface area contributed by atoms with Gasteiger partial charge in [-0.3, -0.25) is 10.1 Å². The van der Waals surface area contributed by atoms with Crippen molar-refractivity contribution in [2.24, 2.45) is 0 Å². The number of nitro benzene ring substituents is 1. The number of esters is 1. The standard InChI is InChI=1S/C16H21BrN2O8/c1-16(2,3)27-15(21)18-6-7-26-13-11(17)10(24-4)8-9(14(20)25-5)12(13)19(22)23/h8H,6-7H2,1-5H3,(H,18,21). The molecule has 0 aliphatic heterocycles. The second-order valence-electron chi connectivity index (χ2n) is 6.14. The highest BCUT2D eigenvalue weighted by Gasteiger charge is 2.31. The van der Waals surface area contributed by atoms with Crippen LogP contribution >= 0.6 is 15.9 Å². The minimum Gasteiger partial charge on any atom is -0.495 e. The molecular weight excluding hydrogens is 428 g/mol. The van der Waals surface area contributed by atoms with Gasteiger partial charge in [-0.1, -0.05) is 0 Å². The molecule has 0 bridgehead atoms. The van der Waals surface area contributed by atoms with Gasteiger partial charge >= 0.3 is 17.7 Å². The lowest BCUT2D eigenvalue weighted by molar-refractivity contribution is -0.386. The van der Waals surface area contributed by atoms with Crippen LogP contribution in [0.5, 0.6) is 11.5 Å². The van der Waals surface area contributed by atoms with Crippen LogP contribution in [0, 0.1) is 10.1 Å². The fourth-order valence-electron chi connectivity index (χ4n) is 1.95. The molecule has 150 valence electrons. The Kier molecular flexibility index (Phi) is 7.82. The van der Waals surface area contributed by atoms with Crippen LogP contribution in [-0.2, 0) is 9.47 Å². The summed E-state index contributed by atoms with van der Waals surface area (Å²) < 4.78 is 20.4. The summed E-state index contributed by atoms with van der Waals surface area (Å²) >= 11 is 3.17. The first-order valence-corrected chi connectivity index (χ1v) is 8.54. The van der Waals surface area contributed by atoms with Gasteiger partial charge in [0, 0.05) is 6.07 Å². The molecule has 1 N–H and O–H groups in total. The zero-order valence-electron chi connectivity index (χ0n) is 15.6. The van der Waals surface area contributed by atoms with Gasteiger partial charge < -0.3 is 24.3 Å². The van der Waals surface area contributed by atoms with Crippen LogP contribution in [0.25, 0.3) is 0 Å². The van der Waals surface area contributed by atoms with Crippen molar-refractivity contribution in [1.29, 1.82) is 0 Å². The Morgan fingerprint density at radius 2 is 1.93 bits per heavy atom. The molecule has 0 aliphatic carbocycles. The molecule has 0 saturated heterocycles. The number of amides is 1. The lowest BCUT2D eigenvalue weighted by Crippen LogP contribution is -2.34. The smallest absolute Gasteiger partial charge is 0.407 e. The first kappa shape index (κ1) is 22.5. The summed E-state index contributed by atoms with van der Waals surface area (Å²) in [5.74, 6) is -0.980. The number of rotatable bonds is 7. The first-order chi connectivity index (χ1) is 12.5. The molecule has 10 nitrogen and oxygen atoms in total. The molecular formula is C16H21BrN2O8. The van der Waals surface area contributed by atoms with Gasteiger partial charge in [0.25, 0.3) is 0 Å². The van der Waals surface area contributed by atoms with E-state index in [0.29, 0.717) is 0 Å². The summed E-state index contributed by atoms with van der Waals surface area (Å²) in [6, 6.07) is 1.18. The Morgan fingerprint density at radius 1 is 1.30 bits per heavy atom. The molecule has 0 heterocycles. The number of nitro groups is 1. The van der Waals surface area contributed by atoms with E-state index in [2.05, 4.69) is 26.0 Å². The highest BCUT2D eigenvalue weighted by atomic mass is 79.9. The number of carbonyl (C=O) groups is 2. The molecule has 0 fully saturated rings. The van der Waals surface area contributed by atoms with Crippen LogP contribution in [0.4, 0.5) is 10.5 Å². The van der Waals surface area contributed by atoms with Crippen molar-refractivity contribution in [3.05, 3.63) is 26.2 Å². The van der Waals surface area contributed by atoms with Gasteiger partial charge in [0.05, 0.1) is 25.7 Å². The predicted octanol–water partition coefficient (Wildman–Crippen LogP) is 3.06. The number of hydrogen-bond acceptors (Lipinski definition) is 8. The lowest BCUT2D eigenvalue weighted by Gasteiger charge is -2.19. The van der Waals surface area contributed by atoms with E-state index in [4.69, 9.17) is 14.2 Å². The molecule has 11 heteroatoms. The monoisotopic (exact) mass is 448 g/mol. The van der Waals surface area contributed by atoms with Gasteiger partial charge in [-0.25, -0.2) is 9.59 Å². The minimum atomic E-state index is -0.913. The molecule has 0 spiro atoms. The van der Waals surface area contributed by atoms with Crippen LogP contribution in [0.1, 0.15) is 31.1 Å². The third-order valence-electron chi connectivity index (χ3n) is 2.99. The fourth-order valence-corrected chi connectivity index (χ4v) is 2.53. The van der Waals surface area contributed by atoms with Crippen LogP contribution in [-0.4, -0.2) is 50.0 Å². The Balaban J connectivity index is 3.03. The molecule has 1 aromatic rings. The molecule has 0 atom stereocenters. The van der Waals surface area contributed by atoms with Crippen LogP contribution in [0.15, 0.2) is 10.5 Å². The molecule has 0 radical (unpaired) electrons. The van der Waals surface area contributed by atoms with Gasteiger partial charge in [0.2, 0.25) is 5.75 Å². The van der Waals surface area contributed by atoms with E-state index in [1.165, 1.54) is 13.2 Å². The number of carbonyl (C=O) groups excluding carboxylic acids is 2. The van der Waals surface area contributed by atoms with E-state index in [1.807, 2.05) is 0 Å². The second kappa shape index (κ2) is 9.40. The predicted molar refractivity (Wildman–Crippen MR) is 98.4 cm³/mol. The van der Waals surface area contributed by atoms with Crippen molar-refractivity contribution in [2.45, 2.75) is 26.4 Å². The van der Waals surface area contributed by atoms with E-state index >= 15 is 0 Å². The van der Waals surface area contributed by atoms with E-state index in [9.17, 15) is 19.7 Å². The van der Waals surface area contributed by atoms with E-state index < -0.39 is 28.3 Å². The number of benzene rings is 1. The Morgan fingerprint density at radius 3 is 2.41 bits per heavy atom. The van der Waals surface area contributed by atoms with E-state index in [0.717, 1.165) is 7.11 Å². The number of methoxy groups -OCH3 is 2. The average molecular weight is 449 g/mol. The molecule has 0 unspecified atom stereocenters. The Bertz CT molecular complexity index is 730. The highest BCUT2D eigenvalue weighted by Crippen LogP contribution is 2.44. The van der Waals surface area contributed by atoms with Gasteiger partial charge in [-0.05, 0) is 36.7 Å². The molecule has 27 heavy (non-hydrogen) atoms. The maximum atomic E-state index is 11.9. The molecule has 1 amide bonds. The van der Waals surface area contributed by atoms with Crippen LogP contribution < -0.4 is 14.8 Å². The average Bonchev–Trinajstić information content (AvgIpc) is 2.56. The van der Waals surface area contributed by atoms with E-state index in [-0.39, 0.29) is 34.7 Å². The highest BCUT2D eigenvalue weighted by molar-refractivity contribution is 9.10. The number of nitrogens with one attached hydrogen (secondary N) is 1. The Hall–Kier alpha value is -2.56. The summed E-state index contributed by atoms with van der Waals surface area (Å²) in [5, 5.41) is 13.9. The van der Waals surface area contributed by atoms with Crippen molar-refractivity contribution in [3.8, 4) is 11.5 Å². The number of ether oxygens (including phenoxy) is 4. The zero-order valence-corrected chi connectivity index (χ0v) is 17.2. The van der Waals surface area contributed by atoms with Gasteiger partial charge in [0.1, 0.15) is 28.0 Å². The second-order valence-corrected chi connectivity index (χ2v) is 6.94. The molecule has 0 aliphatic rings. The molecule has 0 saturated carbocycles. The van der Waals surface area contributed by atoms with Crippen molar-refractivity contribution >= 4 is 33.7 Å². The van der Waals surface area contributed by atoms with E-state index in [1.54, 1.807) is 20.8 Å². The van der Waals surface area contributed by atoms with Crippen molar-refractivity contribution in [2.75, 3.05) is 27.4 Å². The summed E-state index contributed by atoms with van der Waals surface area (Å²) in [4.78, 5) is 34.2. The SMILES string of the molecule is COC(=O)c1cc(OC)c(Br)c(OCCNC(=O)OC(C)(C)C)c1[N+](=O)[O-]. The van der Waals surface area contributed by atoms with Gasteiger partial charge in [-0.2, -0.15) is 0 Å². The van der Waals surface area contributed by atoms with Crippen LogP contribution in [0.2, 0.25) is 0 Å². The van der Waals surface area contributed by atoms with Crippen molar-refractivity contribution in [1.82, 2.24) is 5.32 Å². The number of alkyl carbamates (subject to hydrolysis) is 1. The third kappa shape index (κ3) is 6.27. The summed E-state index contributed by atoms with van der Waals surface area (Å²) in [5.41, 5.74) is -1.56. The van der Waals surface area contributed by atoms with Crippen LogP contribution in [0.3, 0.4) is 0 Å². The van der Waals surface area contributed by atoms with Crippen molar-refractivity contribution in [3.63, 3.8) is 0 Å². The third-order valence-corrected chi connectivity index (χ3v) is 3.74. The zero-order chi connectivity index (χ0) is 20.8. The molecule has 0 aromatic heterocycles. The van der Waals surface area contributed by atoms with Gasteiger partial charge in [0.15, 0.2) is 0 Å². The van der Waals surface area contributed by atoms with Gasteiger partial charge in [-0.15, -0.1) is 0 Å². The minimum absolute atomic E-state index is 0.0171. The topological polar surface area (TPSA) is 126 Å². The summed E-state index contributed by atoms with van der Waals surface area (Å²) in [7, 11) is 2.44.